The van der Waals surface area contributed by atoms with Gasteiger partial charge in [0.2, 0.25) is 5.56 Å². The second-order valence-electron chi connectivity index (χ2n) is 8.17. The lowest BCUT2D eigenvalue weighted by Gasteiger charge is -2.40. The largest absolute Gasteiger partial charge is 0.373 e. The lowest BCUT2D eigenvalue weighted by Crippen LogP contribution is -2.53. The van der Waals surface area contributed by atoms with E-state index in [1.165, 1.54) is 0 Å². The van der Waals surface area contributed by atoms with Crippen LogP contribution in [-0.2, 0) is 15.8 Å². The number of nitrogens with one attached hydrogen (secondary N) is 2. The molecule has 1 saturated heterocycles. The molecule has 0 aliphatic carbocycles. The molecule has 0 radical (unpaired) electrons. The number of carbonyl (C=O) groups excluding carboxylic acids is 1. The van der Waals surface area contributed by atoms with Gasteiger partial charge in [-0.2, -0.15) is 0 Å². The highest BCUT2D eigenvalue weighted by atomic mass is 32.2. The fourth-order valence-corrected chi connectivity index (χ4v) is 4.49. The minimum atomic E-state index is -0.930. The molecule has 9 heteroatoms. The third-order valence-electron chi connectivity index (χ3n) is 5.21. The van der Waals surface area contributed by atoms with Gasteiger partial charge < -0.3 is 20.0 Å². The molecule has 2 aromatic rings. The number of aldehydes is 1. The predicted molar refractivity (Wildman–Crippen MR) is 133 cm³/mol. The Labute approximate surface area is 193 Å². The Hall–Kier alpha value is -2.52. The summed E-state index contributed by atoms with van der Waals surface area (Å²) >= 11 is 0. The maximum atomic E-state index is 12.3. The first kappa shape index (κ1) is 25.7. The highest BCUT2D eigenvalue weighted by molar-refractivity contribution is 7.82. The number of carbonyl (C=O) groups is 1. The smallest absolute Gasteiger partial charge is 0.250 e. The molecular weight excluding hydrogens is 426 g/mol. The van der Waals surface area contributed by atoms with Crippen molar-refractivity contribution in [2.24, 2.45) is 5.92 Å². The van der Waals surface area contributed by atoms with Crippen LogP contribution in [0, 0.1) is 12.8 Å². The standard InChI is InChI=1S/C19H27N5O2S.C4H8O/c1-5-27(26)23-6-7-24(14(3)12-23)18-8-15(9-19(25)22-18)16-10-17(20-4)21-11-13(16)2;1-4(2)3-5/h8-11,14H,5-7,12H2,1-4H3,(H,20,21)(H,22,25);3-4H,1-2H3. The van der Waals surface area contributed by atoms with E-state index in [-0.39, 0.29) is 17.5 Å². The first-order valence-electron chi connectivity index (χ1n) is 10.9. The van der Waals surface area contributed by atoms with Gasteiger partial charge in [-0.15, -0.1) is 0 Å². The SMILES string of the molecule is CC(C)C=O.CCS(=O)N1CCN(c2cc(-c3cc(NC)ncc3C)cc(=O)[nH]2)C(C)C1. The number of hydrogen-bond acceptors (Lipinski definition) is 6. The van der Waals surface area contributed by atoms with E-state index in [2.05, 4.69) is 27.1 Å². The first-order valence-corrected chi connectivity index (χ1v) is 12.2. The van der Waals surface area contributed by atoms with Crippen molar-refractivity contribution in [3.63, 3.8) is 0 Å². The van der Waals surface area contributed by atoms with E-state index in [9.17, 15) is 13.8 Å². The van der Waals surface area contributed by atoms with Gasteiger partial charge >= 0.3 is 0 Å². The van der Waals surface area contributed by atoms with E-state index in [1.807, 2.05) is 57.4 Å². The van der Waals surface area contributed by atoms with Crippen LogP contribution >= 0.6 is 0 Å². The van der Waals surface area contributed by atoms with Crippen LogP contribution in [0.2, 0.25) is 0 Å². The number of piperazine rings is 1. The zero-order valence-corrected chi connectivity index (χ0v) is 20.7. The molecule has 0 saturated carbocycles. The van der Waals surface area contributed by atoms with Gasteiger partial charge in [0.25, 0.3) is 0 Å². The van der Waals surface area contributed by atoms with Crippen molar-refractivity contribution in [1.29, 1.82) is 0 Å². The number of anilines is 2. The number of nitrogens with zero attached hydrogens (tertiary/aromatic N) is 3. The molecule has 2 N–H and O–H groups in total. The summed E-state index contributed by atoms with van der Waals surface area (Å²) in [4.78, 5) is 31.3. The Bertz CT molecular complexity index is 992. The maximum Gasteiger partial charge on any atom is 0.250 e. The van der Waals surface area contributed by atoms with Crippen molar-refractivity contribution in [2.75, 3.05) is 42.7 Å². The molecule has 2 unspecified atom stereocenters. The van der Waals surface area contributed by atoms with Crippen LogP contribution in [0.3, 0.4) is 0 Å². The van der Waals surface area contributed by atoms with Gasteiger partial charge in [0.1, 0.15) is 17.9 Å². The predicted octanol–water partition coefficient (Wildman–Crippen LogP) is 2.82. The molecule has 32 heavy (non-hydrogen) atoms. The van der Waals surface area contributed by atoms with E-state index >= 15 is 0 Å². The normalized spacial score (nSPS) is 17.5. The third kappa shape index (κ3) is 6.74. The Morgan fingerprint density at radius 2 is 2.00 bits per heavy atom. The summed E-state index contributed by atoms with van der Waals surface area (Å²) in [6.45, 7) is 11.9. The van der Waals surface area contributed by atoms with Crippen molar-refractivity contribution in [3.8, 4) is 11.1 Å². The van der Waals surface area contributed by atoms with Gasteiger partial charge in [-0.05, 0) is 42.7 Å². The first-order chi connectivity index (χ1) is 15.2. The van der Waals surface area contributed by atoms with Gasteiger partial charge in [-0.25, -0.2) is 13.5 Å². The minimum absolute atomic E-state index is 0.128. The highest BCUT2D eigenvalue weighted by Gasteiger charge is 2.27. The number of aromatic amines is 1. The molecule has 176 valence electrons. The lowest BCUT2D eigenvalue weighted by molar-refractivity contribution is -0.110. The third-order valence-corrected chi connectivity index (χ3v) is 6.61. The van der Waals surface area contributed by atoms with Crippen molar-refractivity contribution in [1.82, 2.24) is 14.3 Å². The van der Waals surface area contributed by atoms with E-state index in [0.717, 1.165) is 47.7 Å². The van der Waals surface area contributed by atoms with Gasteiger partial charge in [0.05, 0.1) is 11.0 Å². The zero-order chi connectivity index (χ0) is 23.8. The Kier molecular flexibility index (Phi) is 9.59. The number of aryl methyl sites for hydroxylation is 1. The quantitative estimate of drug-likeness (QED) is 0.642. The van der Waals surface area contributed by atoms with Crippen molar-refractivity contribution in [2.45, 2.75) is 40.7 Å². The fourth-order valence-electron chi connectivity index (χ4n) is 3.46. The average molecular weight is 462 g/mol. The maximum absolute atomic E-state index is 12.3. The summed E-state index contributed by atoms with van der Waals surface area (Å²) in [5.41, 5.74) is 2.75. The van der Waals surface area contributed by atoms with Crippen LogP contribution in [0.15, 0.2) is 29.2 Å². The molecule has 0 spiro atoms. The number of aromatic nitrogens is 2. The molecule has 0 bridgehead atoms. The molecular formula is C23H35N5O3S. The summed E-state index contributed by atoms with van der Waals surface area (Å²) in [6, 6.07) is 5.76. The van der Waals surface area contributed by atoms with Crippen molar-refractivity contribution >= 4 is 28.9 Å². The van der Waals surface area contributed by atoms with Gasteiger partial charge in [0.15, 0.2) is 0 Å². The summed E-state index contributed by atoms with van der Waals surface area (Å²) in [7, 11) is 0.896. The Morgan fingerprint density at radius 1 is 1.31 bits per heavy atom. The van der Waals surface area contributed by atoms with Crippen LogP contribution < -0.4 is 15.8 Å². The van der Waals surface area contributed by atoms with Gasteiger partial charge in [0, 0.05) is 56.7 Å². The molecule has 1 fully saturated rings. The second kappa shape index (κ2) is 11.9. The average Bonchev–Trinajstić information content (AvgIpc) is 2.78. The molecule has 8 nitrogen and oxygen atoms in total. The summed E-state index contributed by atoms with van der Waals surface area (Å²) in [5, 5.41) is 3.04. The van der Waals surface area contributed by atoms with E-state index < -0.39 is 11.0 Å². The van der Waals surface area contributed by atoms with Crippen LogP contribution in [-0.4, -0.2) is 63.2 Å². The molecule has 1 aliphatic heterocycles. The summed E-state index contributed by atoms with van der Waals surface area (Å²) < 4.78 is 14.1. The van der Waals surface area contributed by atoms with Crippen molar-refractivity contribution in [3.05, 3.63) is 40.3 Å². The number of hydrogen-bond donors (Lipinski definition) is 2. The molecule has 0 amide bonds. The number of pyridine rings is 2. The highest BCUT2D eigenvalue weighted by Crippen LogP contribution is 2.28. The van der Waals surface area contributed by atoms with Crippen LogP contribution in [0.5, 0.6) is 0 Å². The second-order valence-corrected chi connectivity index (χ2v) is 9.91. The zero-order valence-electron chi connectivity index (χ0n) is 19.8. The summed E-state index contributed by atoms with van der Waals surface area (Å²) in [6.07, 6.45) is 2.73. The fraction of sp³-hybridized carbons (Fsp3) is 0.522. The molecule has 1 aliphatic rings. The van der Waals surface area contributed by atoms with Gasteiger partial charge in [-0.1, -0.05) is 20.8 Å². The topological polar surface area (TPSA) is 98.4 Å². The monoisotopic (exact) mass is 461 g/mol. The lowest BCUT2D eigenvalue weighted by atomic mass is 10.0. The molecule has 3 heterocycles. The van der Waals surface area contributed by atoms with E-state index in [1.54, 1.807) is 6.07 Å². The Morgan fingerprint density at radius 3 is 2.56 bits per heavy atom. The van der Waals surface area contributed by atoms with Crippen LogP contribution in [0.4, 0.5) is 11.6 Å². The molecule has 2 atom stereocenters. The van der Waals surface area contributed by atoms with Crippen LogP contribution in [0.1, 0.15) is 33.3 Å². The van der Waals surface area contributed by atoms with E-state index in [0.29, 0.717) is 12.3 Å². The number of H-pyrrole nitrogens is 1. The molecule has 0 aromatic carbocycles. The summed E-state index contributed by atoms with van der Waals surface area (Å²) in [5.74, 6) is 2.40. The Balaban J connectivity index is 0.000000654. The van der Waals surface area contributed by atoms with Crippen molar-refractivity contribution < 1.29 is 9.00 Å². The molecule has 2 aromatic heterocycles. The minimum Gasteiger partial charge on any atom is -0.373 e. The van der Waals surface area contributed by atoms with Gasteiger partial charge in [-0.3, -0.25) is 4.79 Å². The van der Waals surface area contributed by atoms with Crippen LogP contribution in [0.25, 0.3) is 11.1 Å². The molecule has 3 rings (SSSR count). The van der Waals surface area contributed by atoms with E-state index in [4.69, 9.17) is 0 Å². The number of rotatable bonds is 6.